The highest BCUT2D eigenvalue weighted by molar-refractivity contribution is 5.64. The number of rotatable bonds is 3. The van der Waals surface area contributed by atoms with Crippen LogP contribution in [0.2, 0.25) is 0 Å². The van der Waals surface area contributed by atoms with Gasteiger partial charge in [0.1, 0.15) is 0 Å². The molecular formula is C11H15NO. The maximum absolute atomic E-state index is 8.45. The highest BCUT2D eigenvalue weighted by atomic mass is 16.4. The van der Waals surface area contributed by atoms with Crippen molar-refractivity contribution in [2.24, 2.45) is 10.6 Å². The topological polar surface area (TPSA) is 32.6 Å². The average molecular weight is 177 g/mol. The molecule has 0 heterocycles. The molecule has 0 aliphatic carbocycles. The van der Waals surface area contributed by atoms with Gasteiger partial charge in [0.2, 0.25) is 0 Å². The van der Waals surface area contributed by atoms with Crippen LogP contribution in [0.5, 0.6) is 0 Å². The van der Waals surface area contributed by atoms with Crippen LogP contribution in [0.3, 0.4) is 0 Å². The van der Waals surface area contributed by atoms with Crippen LogP contribution in [0.25, 0.3) is 0 Å². The Morgan fingerprint density at radius 1 is 1.31 bits per heavy atom. The standard InChI is InChI=1S/C11H15NO/c1-11(2,9-12-13)8-10-6-4-3-5-7-10/h3-7,9,13H,8H2,1-2H3. The monoisotopic (exact) mass is 177 g/mol. The van der Waals surface area contributed by atoms with Crippen LogP contribution in [-0.4, -0.2) is 11.4 Å². The largest absolute Gasteiger partial charge is 0.411 e. The van der Waals surface area contributed by atoms with Gasteiger partial charge in [-0.15, -0.1) is 5.16 Å². The van der Waals surface area contributed by atoms with E-state index < -0.39 is 0 Å². The summed E-state index contributed by atoms with van der Waals surface area (Å²) in [4.78, 5) is 0. The Hall–Kier alpha value is -1.31. The summed E-state index contributed by atoms with van der Waals surface area (Å²) in [6, 6.07) is 10.2. The van der Waals surface area contributed by atoms with Crippen molar-refractivity contribution < 1.29 is 5.21 Å². The summed E-state index contributed by atoms with van der Waals surface area (Å²) in [5.41, 5.74) is 1.17. The molecule has 0 saturated heterocycles. The zero-order valence-electron chi connectivity index (χ0n) is 8.07. The van der Waals surface area contributed by atoms with Crippen molar-refractivity contribution in [3.8, 4) is 0 Å². The van der Waals surface area contributed by atoms with Gasteiger partial charge >= 0.3 is 0 Å². The van der Waals surface area contributed by atoms with Gasteiger partial charge in [-0.3, -0.25) is 0 Å². The lowest BCUT2D eigenvalue weighted by atomic mass is 9.87. The Morgan fingerprint density at radius 3 is 2.46 bits per heavy atom. The summed E-state index contributed by atoms with van der Waals surface area (Å²) in [5.74, 6) is 0. The minimum absolute atomic E-state index is 0.0872. The molecule has 0 spiro atoms. The fraction of sp³-hybridized carbons (Fsp3) is 0.364. The summed E-state index contributed by atoms with van der Waals surface area (Å²) in [6.45, 7) is 4.08. The third-order valence-electron chi connectivity index (χ3n) is 1.91. The molecule has 1 rings (SSSR count). The SMILES string of the molecule is CC(C)(C=NO)Cc1ccccc1. The van der Waals surface area contributed by atoms with E-state index in [1.807, 2.05) is 32.0 Å². The van der Waals surface area contributed by atoms with Crippen molar-refractivity contribution in [3.63, 3.8) is 0 Å². The van der Waals surface area contributed by atoms with Crippen molar-refractivity contribution >= 4 is 6.21 Å². The van der Waals surface area contributed by atoms with Crippen LogP contribution in [0, 0.1) is 5.41 Å². The Morgan fingerprint density at radius 2 is 1.92 bits per heavy atom. The quantitative estimate of drug-likeness (QED) is 0.430. The van der Waals surface area contributed by atoms with Crippen molar-refractivity contribution in [3.05, 3.63) is 35.9 Å². The van der Waals surface area contributed by atoms with Gasteiger partial charge in [0.25, 0.3) is 0 Å². The maximum Gasteiger partial charge on any atom is 0.0495 e. The first-order chi connectivity index (χ1) is 6.14. The first-order valence-corrected chi connectivity index (χ1v) is 4.36. The Kier molecular flexibility index (Phi) is 3.07. The van der Waals surface area contributed by atoms with Crippen molar-refractivity contribution in [1.82, 2.24) is 0 Å². The van der Waals surface area contributed by atoms with Crippen molar-refractivity contribution in [2.45, 2.75) is 20.3 Å². The molecule has 0 aromatic heterocycles. The highest BCUT2D eigenvalue weighted by Gasteiger charge is 2.15. The zero-order valence-corrected chi connectivity index (χ0v) is 8.07. The third kappa shape index (κ3) is 3.28. The first kappa shape index (κ1) is 9.78. The molecule has 0 atom stereocenters. The molecule has 70 valence electrons. The number of benzene rings is 1. The molecule has 0 bridgehead atoms. The smallest absolute Gasteiger partial charge is 0.0495 e. The minimum Gasteiger partial charge on any atom is -0.411 e. The second-order valence-electron chi connectivity index (χ2n) is 3.90. The summed E-state index contributed by atoms with van der Waals surface area (Å²) >= 11 is 0. The summed E-state index contributed by atoms with van der Waals surface area (Å²) in [6.07, 6.45) is 2.46. The van der Waals surface area contributed by atoms with E-state index in [4.69, 9.17) is 5.21 Å². The molecule has 13 heavy (non-hydrogen) atoms. The van der Waals surface area contributed by atoms with E-state index >= 15 is 0 Å². The number of hydrogen-bond acceptors (Lipinski definition) is 2. The number of hydrogen-bond donors (Lipinski definition) is 1. The van der Waals surface area contributed by atoms with Gasteiger partial charge in [-0.2, -0.15) is 0 Å². The molecule has 0 amide bonds. The van der Waals surface area contributed by atoms with Crippen LogP contribution in [0.4, 0.5) is 0 Å². The fourth-order valence-electron chi connectivity index (χ4n) is 1.32. The van der Waals surface area contributed by atoms with Gasteiger partial charge in [0.05, 0.1) is 0 Å². The van der Waals surface area contributed by atoms with E-state index in [0.29, 0.717) is 0 Å². The highest BCUT2D eigenvalue weighted by Crippen LogP contribution is 2.18. The molecule has 0 unspecified atom stereocenters. The van der Waals surface area contributed by atoms with Gasteiger partial charge in [0, 0.05) is 11.6 Å². The zero-order chi connectivity index (χ0) is 9.73. The lowest BCUT2D eigenvalue weighted by Crippen LogP contribution is -2.16. The molecule has 0 fully saturated rings. The number of nitrogens with zero attached hydrogens (tertiary/aromatic N) is 1. The Labute approximate surface area is 78.9 Å². The second-order valence-corrected chi connectivity index (χ2v) is 3.90. The average Bonchev–Trinajstić information content (AvgIpc) is 2.04. The lowest BCUT2D eigenvalue weighted by molar-refractivity contribution is 0.313. The second kappa shape index (κ2) is 4.08. The van der Waals surface area contributed by atoms with E-state index in [1.165, 1.54) is 5.56 Å². The minimum atomic E-state index is -0.0872. The van der Waals surface area contributed by atoms with Crippen LogP contribution in [0.15, 0.2) is 35.5 Å². The molecule has 1 aromatic carbocycles. The molecule has 2 heteroatoms. The van der Waals surface area contributed by atoms with Gasteiger partial charge in [-0.1, -0.05) is 44.2 Å². The molecule has 0 saturated carbocycles. The van der Waals surface area contributed by atoms with E-state index in [0.717, 1.165) is 6.42 Å². The Bertz CT molecular complexity index is 277. The first-order valence-electron chi connectivity index (χ1n) is 4.36. The summed E-state index contributed by atoms with van der Waals surface area (Å²) in [5, 5.41) is 11.5. The molecule has 1 aromatic rings. The van der Waals surface area contributed by atoms with Crippen LogP contribution in [0.1, 0.15) is 19.4 Å². The van der Waals surface area contributed by atoms with E-state index in [1.54, 1.807) is 6.21 Å². The lowest BCUT2D eigenvalue weighted by Gasteiger charge is -2.17. The van der Waals surface area contributed by atoms with Crippen LogP contribution in [-0.2, 0) is 6.42 Å². The van der Waals surface area contributed by atoms with Gasteiger partial charge in [-0.25, -0.2) is 0 Å². The van der Waals surface area contributed by atoms with E-state index in [-0.39, 0.29) is 5.41 Å². The van der Waals surface area contributed by atoms with Crippen LogP contribution >= 0.6 is 0 Å². The van der Waals surface area contributed by atoms with Gasteiger partial charge < -0.3 is 5.21 Å². The van der Waals surface area contributed by atoms with Crippen LogP contribution < -0.4 is 0 Å². The van der Waals surface area contributed by atoms with Crippen molar-refractivity contribution in [2.75, 3.05) is 0 Å². The molecule has 0 radical (unpaired) electrons. The predicted octanol–water partition coefficient (Wildman–Crippen LogP) is 2.72. The number of oxime groups is 1. The molecule has 0 aliphatic rings. The van der Waals surface area contributed by atoms with E-state index in [2.05, 4.69) is 17.3 Å². The van der Waals surface area contributed by atoms with Gasteiger partial charge in [-0.05, 0) is 12.0 Å². The molecular weight excluding hydrogens is 162 g/mol. The third-order valence-corrected chi connectivity index (χ3v) is 1.91. The predicted molar refractivity (Wildman–Crippen MR) is 54.2 cm³/mol. The summed E-state index contributed by atoms with van der Waals surface area (Å²) < 4.78 is 0. The normalized spacial score (nSPS) is 12.2. The van der Waals surface area contributed by atoms with Crippen molar-refractivity contribution in [1.29, 1.82) is 0 Å². The molecule has 1 N–H and O–H groups in total. The summed E-state index contributed by atoms with van der Waals surface area (Å²) in [7, 11) is 0. The Balaban J connectivity index is 2.69. The molecule has 0 aliphatic heterocycles. The van der Waals surface area contributed by atoms with Gasteiger partial charge in [0.15, 0.2) is 0 Å². The molecule has 2 nitrogen and oxygen atoms in total. The maximum atomic E-state index is 8.45. The fourth-order valence-corrected chi connectivity index (χ4v) is 1.32. The van der Waals surface area contributed by atoms with E-state index in [9.17, 15) is 0 Å².